The van der Waals surface area contributed by atoms with Gasteiger partial charge in [0.15, 0.2) is 12.1 Å². The first-order valence-corrected chi connectivity index (χ1v) is 13.4. The third-order valence-corrected chi connectivity index (χ3v) is 7.01. The molecule has 5 aromatic rings. The Balaban J connectivity index is 1.49. The molecule has 9 heteroatoms. The summed E-state index contributed by atoms with van der Waals surface area (Å²) in [6.45, 7) is 2.84. The third kappa shape index (κ3) is 5.66. The van der Waals surface area contributed by atoms with Crippen molar-refractivity contribution in [3.63, 3.8) is 0 Å². The van der Waals surface area contributed by atoms with Crippen LogP contribution in [0.4, 0.5) is 0 Å². The Morgan fingerprint density at radius 3 is 2.35 bits per heavy atom. The number of unbranched alkanes of at least 4 members (excludes halogenated alkanes) is 1. The van der Waals surface area contributed by atoms with Crippen LogP contribution >= 0.6 is 0 Å². The van der Waals surface area contributed by atoms with Crippen LogP contribution in [-0.4, -0.2) is 51.5 Å². The van der Waals surface area contributed by atoms with Crippen molar-refractivity contribution in [2.75, 3.05) is 21.3 Å². The minimum atomic E-state index is -0.589. The van der Waals surface area contributed by atoms with E-state index in [1.54, 1.807) is 21.3 Å². The van der Waals surface area contributed by atoms with Crippen LogP contribution < -0.4 is 4.74 Å². The number of aromatic nitrogens is 6. The standard InChI is InChI=1S/C31H34N6O3/c1-5-6-9-22-18-26(28(27(19-22)38-2)31(39-3)40-4)30-32-16-17-37(30)20-21-12-14-23(15-13-21)24-10-7-8-11-25(24)29-33-35-36-34-29/h7-8,10-19,31H,5-6,9,20H2,1-4H3,(H,33,34,35,36). The van der Waals surface area contributed by atoms with Crippen LogP contribution in [0.3, 0.4) is 0 Å². The molecular formula is C31H34N6O3. The molecule has 0 saturated carbocycles. The monoisotopic (exact) mass is 538 g/mol. The number of rotatable bonds is 12. The maximum Gasteiger partial charge on any atom is 0.187 e. The van der Waals surface area contributed by atoms with Crippen molar-refractivity contribution in [1.82, 2.24) is 30.2 Å². The van der Waals surface area contributed by atoms with Gasteiger partial charge in [-0.25, -0.2) is 10.1 Å². The zero-order valence-corrected chi connectivity index (χ0v) is 23.3. The summed E-state index contributed by atoms with van der Waals surface area (Å²) in [6.07, 6.45) is 6.40. The van der Waals surface area contributed by atoms with E-state index in [2.05, 4.69) is 74.6 Å². The van der Waals surface area contributed by atoms with Gasteiger partial charge >= 0.3 is 0 Å². The number of H-pyrrole nitrogens is 1. The van der Waals surface area contributed by atoms with E-state index in [1.165, 1.54) is 5.56 Å². The minimum Gasteiger partial charge on any atom is -0.496 e. The lowest BCUT2D eigenvalue weighted by molar-refractivity contribution is -0.106. The molecule has 5 rings (SSSR count). The normalized spacial score (nSPS) is 11.3. The lowest BCUT2D eigenvalue weighted by Gasteiger charge is -2.22. The number of nitrogens with one attached hydrogen (secondary N) is 1. The van der Waals surface area contributed by atoms with E-state index in [0.29, 0.717) is 12.4 Å². The number of imidazole rings is 1. The van der Waals surface area contributed by atoms with E-state index >= 15 is 0 Å². The van der Waals surface area contributed by atoms with Crippen LogP contribution in [0.1, 0.15) is 42.7 Å². The quantitative estimate of drug-likeness (QED) is 0.192. The maximum atomic E-state index is 5.83. The number of ether oxygens (including phenoxy) is 3. The van der Waals surface area contributed by atoms with Gasteiger partial charge in [-0.3, -0.25) is 0 Å². The Hall–Kier alpha value is -4.34. The number of tetrazole rings is 1. The van der Waals surface area contributed by atoms with Crippen molar-refractivity contribution in [3.05, 3.63) is 89.7 Å². The first-order valence-electron chi connectivity index (χ1n) is 13.4. The van der Waals surface area contributed by atoms with Gasteiger partial charge in [-0.2, -0.15) is 0 Å². The van der Waals surface area contributed by atoms with E-state index in [-0.39, 0.29) is 0 Å². The molecule has 1 N–H and O–H groups in total. The molecule has 0 amide bonds. The highest BCUT2D eigenvalue weighted by Gasteiger charge is 2.24. The molecule has 0 atom stereocenters. The molecule has 9 nitrogen and oxygen atoms in total. The molecule has 3 aromatic carbocycles. The first-order chi connectivity index (χ1) is 19.7. The predicted octanol–water partition coefficient (Wildman–Crippen LogP) is 6.09. The number of hydrogen-bond acceptors (Lipinski definition) is 7. The SMILES string of the molecule is CCCCc1cc(OC)c(C(OC)OC)c(-c2nccn2Cc2ccc(-c3ccccc3-c3nnn[nH]3)cc2)c1. The second kappa shape index (κ2) is 12.7. The second-order valence-corrected chi connectivity index (χ2v) is 9.54. The number of hydrogen-bond donors (Lipinski definition) is 1. The van der Waals surface area contributed by atoms with Gasteiger partial charge in [0.05, 0.1) is 12.7 Å². The molecule has 0 fully saturated rings. The summed E-state index contributed by atoms with van der Waals surface area (Å²) in [5.74, 6) is 2.20. The minimum absolute atomic E-state index is 0.589. The fraction of sp³-hybridized carbons (Fsp3) is 0.290. The topological polar surface area (TPSA) is 100.0 Å². The number of methoxy groups -OCH3 is 3. The van der Waals surface area contributed by atoms with Crippen LogP contribution in [-0.2, 0) is 22.4 Å². The molecule has 0 aliphatic carbocycles. The summed E-state index contributed by atoms with van der Waals surface area (Å²) in [7, 11) is 4.95. The van der Waals surface area contributed by atoms with Gasteiger partial charge in [-0.1, -0.05) is 61.9 Å². The van der Waals surface area contributed by atoms with Crippen molar-refractivity contribution in [1.29, 1.82) is 0 Å². The van der Waals surface area contributed by atoms with Crippen molar-refractivity contribution in [2.24, 2.45) is 0 Å². The lowest BCUT2D eigenvalue weighted by atomic mass is 9.97. The Kier molecular flexibility index (Phi) is 8.63. The molecule has 2 heterocycles. The van der Waals surface area contributed by atoms with Gasteiger partial charge in [-0.05, 0) is 57.7 Å². The van der Waals surface area contributed by atoms with Crippen LogP contribution in [0.25, 0.3) is 33.9 Å². The van der Waals surface area contributed by atoms with Crippen molar-refractivity contribution < 1.29 is 14.2 Å². The number of aryl methyl sites for hydroxylation is 1. The average molecular weight is 539 g/mol. The largest absolute Gasteiger partial charge is 0.496 e. The Morgan fingerprint density at radius 2 is 1.68 bits per heavy atom. The summed E-state index contributed by atoms with van der Waals surface area (Å²) in [5.41, 5.74) is 7.20. The zero-order valence-electron chi connectivity index (χ0n) is 23.3. The van der Waals surface area contributed by atoms with Crippen LogP contribution in [0.15, 0.2) is 73.1 Å². The van der Waals surface area contributed by atoms with E-state index < -0.39 is 6.29 Å². The molecule has 206 valence electrons. The molecule has 0 saturated heterocycles. The van der Waals surface area contributed by atoms with E-state index in [0.717, 1.165) is 64.2 Å². The highest BCUT2D eigenvalue weighted by Crippen LogP contribution is 2.38. The Bertz CT molecular complexity index is 1530. The van der Waals surface area contributed by atoms with Crippen LogP contribution in [0.5, 0.6) is 5.75 Å². The highest BCUT2D eigenvalue weighted by molar-refractivity contribution is 5.80. The van der Waals surface area contributed by atoms with E-state index in [9.17, 15) is 0 Å². The molecule has 2 aromatic heterocycles. The summed E-state index contributed by atoms with van der Waals surface area (Å²) in [6, 6.07) is 20.9. The van der Waals surface area contributed by atoms with Crippen molar-refractivity contribution >= 4 is 0 Å². The average Bonchev–Trinajstić information content (AvgIpc) is 3.70. The van der Waals surface area contributed by atoms with Gasteiger partial charge in [0, 0.05) is 44.3 Å². The summed E-state index contributed by atoms with van der Waals surface area (Å²) in [5, 5.41) is 14.4. The molecular weight excluding hydrogens is 504 g/mol. The fourth-order valence-electron chi connectivity index (χ4n) is 5.02. The number of aromatic amines is 1. The van der Waals surface area contributed by atoms with E-state index in [4.69, 9.17) is 19.2 Å². The molecule has 0 aliphatic rings. The molecule has 0 bridgehead atoms. The lowest BCUT2D eigenvalue weighted by Crippen LogP contribution is -2.11. The molecule has 0 radical (unpaired) electrons. The Morgan fingerprint density at radius 1 is 0.900 bits per heavy atom. The fourth-order valence-corrected chi connectivity index (χ4v) is 5.02. The van der Waals surface area contributed by atoms with E-state index in [1.807, 2.05) is 30.6 Å². The van der Waals surface area contributed by atoms with Gasteiger partial charge in [0.2, 0.25) is 0 Å². The number of nitrogens with zero attached hydrogens (tertiary/aromatic N) is 5. The predicted molar refractivity (Wildman–Crippen MR) is 154 cm³/mol. The zero-order chi connectivity index (χ0) is 27.9. The third-order valence-electron chi connectivity index (χ3n) is 7.01. The first kappa shape index (κ1) is 27.2. The second-order valence-electron chi connectivity index (χ2n) is 9.54. The number of benzene rings is 3. The molecule has 0 aliphatic heterocycles. The highest BCUT2D eigenvalue weighted by atomic mass is 16.7. The van der Waals surface area contributed by atoms with Crippen molar-refractivity contribution in [2.45, 2.75) is 39.0 Å². The Labute approximate surface area is 234 Å². The van der Waals surface area contributed by atoms with Gasteiger partial charge < -0.3 is 18.8 Å². The molecule has 0 spiro atoms. The van der Waals surface area contributed by atoms with Crippen molar-refractivity contribution in [3.8, 4) is 39.7 Å². The molecule has 0 unspecified atom stereocenters. The van der Waals surface area contributed by atoms with Gasteiger partial charge in [0.25, 0.3) is 0 Å². The smallest absolute Gasteiger partial charge is 0.187 e. The molecule has 40 heavy (non-hydrogen) atoms. The summed E-state index contributed by atoms with van der Waals surface area (Å²) >= 11 is 0. The maximum absolute atomic E-state index is 5.83. The summed E-state index contributed by atoms with van der Waals surface area (Å²) < 4.78 is 19.3. The van der Waals surface area contributed by atoms with Crippen LogP contribution in [0, 0.1) is 0 Å². The van der Waals surface area contributed by atoms with Gasteiger partial charge in [-0.15, -0.1) is 5.10 Å². The van der Waals surface area contributed by atoms with Gasteiger partial charge in [0.1, 0.15) is 11.6 Å². The summed E-state index contributed by atoms with van der Waals surface area (Å²) in [4.78, 5) is 4.77. The van der Waals surface area contributed by atoms with Crippen LogP contribution in [0.2, 0.25) is 0 Å².